The molecule has 3 aromatic rings. The van der Waals surface area contributed by atoms with Crippen molar-refractivity contribution < 1.29 is 186 Å². The molecular weight excluding hydrogens is 565 g/mol. The number of nitrogens with zero attached hydrogens (tertiary/aromatic N) is 3. The van der Waals surface area contributed by atoms with E-state index in [1.165, 1.54) is 42.3 Å². The van der Waals surface area contributed by atoms with Gasteiger partial charge in [-0.25, -0.2) is 17.8 Å². The van der Waals surface area contributed by atoms with Gasteiger partial charge in [-0.2, -0.15) is 7.75 Å². The number of halogens is 2. The van der Waals surface area contributed by atoms with Gasteiger partial charge in [0.2, 0.25) is 0 Å². The summed E-state index contributed by atoms with van der Waals surface area (Å²) in [7, 11) is -8.96. The molecule has 0 spiro atoms. The zero-order valence-corrected chi connectivity index (χ0v) is 29.4. The summed E-state index contributed by atoms with van der Waals surface area (Å²) in [4.78, 5) is 24.8. The van der Waals surface area contributed by atoms with Gasteiger partial charge in [0.05, 0.1) is 12.8 Å². The van der Waals surface area contributed by atoms with Gasteiger partial charge < -0.3 is 23.6 Å². The Morgan fingerprint density at radius 3 is 2.22 bits per heavy atom. The van der Waals surface area contributed by atoms with Gasteiger partial charge in [0.1, 0.15) is 16.4 Å². The topological polar surface area (TPSA) is 138 Å². The fourth-order valence-corrected chi connectivity index (χ4v) is 4.71. The van der Waals surface area contributed by atoms with Crippen molar-refractivity contribution in [2.75, 3.05) is 7.11 Å². The Balaban J connectivity index is 0.00000320. The van der Waals surface area contributed by atoms with Crippen LogP contribution in [0.1, 0.15) is 0 Å². The molecule has 1 aromatic heterocycles. The first kappa shape index (κ1) is 34.6. The number of hydrogen-bond acceptors (Lipinski definition) is 7. The first-order chi connectivity index (χ1) is 13.5. The summed E-state index contributed by atoms with van der Waals surface area (Å²) in [6, 6.07) is 8.97. The normalized spacial score (nSPS) is 11.0. The first-order valence-electron chi connectivity index (χ1n) is 7.70. The minimum atomic E-state index is -5.62. The van der Waals surface area contributed by atoms with E-state index < -0.39 is 28.5 Å². The van der Waals surface area contributed by atoms with Crippen LogP contribution < -0.4 is 169 Å². The number of ether oxygens (including phenoxy) is 1. The zero-order chi connectivity index (χ0) is 21.4. The van der Waals surface area contributed by atoms with Crippen LogP contribution >= 0.6 is 19.3 Å². The molecule has 16 heteroatoms. The maximum Gasteiger partial charge on any atom is 1.00 e. The molecule has 9 nitrogen and oxygen atoms in total. The number of hydrogen-bond donors (Lipinski definition) is 0. The summed E-state index contributed by atoms with van der Waals surface area (Å²) in [6.45, 7) is 0. The van der Waals surface area contributed by atoms with Crippen molar-refractivity contribution in [3.05, 3.63) is 64.3 Å². The van der Waals surface area contributed by atoms with E-state index >= 15 is 0 Å². The summed E-state index contributed by atoms with van der Waals surface area (Å²) in [6.07, 6.45) is 1.34. The number of rotatable bonds is 6. The zero-order valence-electron chi connectivity index (χ0n) is 17.5. The summed E-state index contributed by atoms with van der Waals surface area (Å²) in [5.41, 5.74) is 1.11. The molecule has 0 atom stereocenters. The van der Waals surface area contributed by atoms with Crippen molar-refractivity contribution in [3.63, 3.8) is 0 Å². The molecule has 32 heavy (non-hydrogen) atoms. The maximum atomic E-state index is 14.1. The van der Waals surface area contributed by atoms with E-state index in [4.69, 9.17) is 16.3 Å². The molecule has 154 valence electrons. The quantitative estimate of drug-likeness (QED) is 0.210. The van der Waals surface area contributed by atoms with Crippen LogP contribution in [0.15, 0.2) is 53.7 Å². The van der Waals surface area contributed by atoms with Crippen LogP contribution in [-0.4, -0.2) is 25.1 Å². The molecule has 0 aliphatic carbocycles. The fourth-order valence-electron chi connectivity index (χ4n) is 2.55. The van der Waals surface area contributed by atoms with Crippen LogP contribution in [0, 0.1) is 5.82 Å². The van der Waals surface area contributed by atoms with E-state index in [1.807, 2.05) is 0 Å². The largest absolute Gasteiger partial charge is 1.00 e. The second kappa shape index (κ2) is 14.5. The third-order valence-corrected chi connectivity index (χ3v) is 6.57. The van der Waals surface area contributed by atoms with E-state index in [9.17, 15) is 27.2 Å². The van der Waals surface area contributed by atoms with Crippen molar-refractivity contribution in [1.29, 1.82) is 0 Å². The second-order valence-corrected chi connectivity index (χ2v) is 8.99. The standard InChI is InChI=1S/C16H13ClFN3O6PS.3K/c1-27-14-7-2-10(8-13(14)18)15-16(17)19-9-21(15)11-3-5-12(6-4-11)29(25,26)20-28(22,23)24;;;/h2-9H,1H3,(H2-,20,22,23,24);;;/q-1;3*+1/p-2. The minimum absolute atomic E-state index is 0. The molecule has 0 amide bonds. The molecule has 3 rings (SSSR count). The fraction of sp³-hybridized carbons (Fsp3) is 0.0625. The van der Waals surface area contributed by atoms with Gasteiger partial charge in [0, 0.05) is 16.1 Å². The van der Waals surface area contributed by atoms with Gasteiger partial charge in [-0.15, -0.1) is 0 Å². The Labute approximate surface area is 316 Å². The number of imidazole rings is 1. The summed E-state index contributed by atoms with van der Waals surface area (Å²) in [5.74, 6) is -0.570. The van der Waals surface area contributed by atoms with Gasteiger partial charge in [0.25, 0.3) is 0 Å². The summed E-state index contributed by atoms with van der Waals surface area (Å²) >= 11 is 6.13. The van der Waals surface area contributed by atoms with Crippen molar-refractivity contribution in [2.45, 2.75) is 4.90 Å². The van der Waals surface area contributed by atoms with E-state index in [2.05, 4.69) is 9.48 Å². The van der Waals surface area contributed by atoms with E-state index in [0.29, 0.717) is 16.9 Å². The molecule has 1 heterocycles. The predicted octanol–water partition coefficient (Wildman–Crippen LogP) is -6.76. The molecule has 0 saturated carbocycles. The Kier molecular flexibility index (Phi) is 15.7. The third-order valence-electron chi connectivity index (χ3n) is 3.77. The predicted molar refractivity (Wildman–Crippen MR) is 98.7 cm³/mol. The van der Waals surface area contributed by atoms with Crippen molar-refractivity contribution in [3.8, 4) is 22.7 Å². The molecule has 0 radical (unpaired) electrons. The number of aromatic nitrogens is 2. The van der Waals surface area contributed by atoms with Gasteiger partial charge in [-0.1, -0.05) is 11.6 Å². The van der Waals surface area contributed by atoms with Crippen molar-refractivity contribution >= 4 is 29.4 Å². The van der Waals surface area contributed by atoms with Gasteiger partial charge >= 0.3 is 154 Å². The summed E-state index contributed by atoms with van der Waals surface area (Å²) < 4.78 is 57.1. The average molecular weight is 576 g/mol. The van der Waals surface area contributed by atoms with E-state index in [0.717, 1.165) is 12.1 Å². The Morgan fingerprint density at radius 1 is 1.12 bits per heavy atom. The number of benzene rings is 2. The molecule has 0 bridgehead atoms. The van der Waals surface area contributed by atoms with Crippen molar-refractivity contribution in [1.82, 2.24) is 9.55 Å². The molecule has 0 unspecified atom stereocenters. The van der Waals surface area contributed by atoms with Gasteiger partial charge in [-0.05, 0) is 42.5 Å². The van der Waals surface area contributed by atoms with Crippen LogP contribution in [0.25, 0.3) is 21.4 Å². The number of methoxy groups -OCH3 is 1. The Hall–Kier alpha value is 2.64. The molecule has 0 aliphatic rings. The third kappa shape index (κ3) is 8.89. The Morgan fingerprint density at radius 2 is 1.72 bits per heavy atom. The van der Waals surface area contributed by atoms with Gasteiger partial charge in [0.15, 0.2) is 16.7 Å². The molecule has 2 aromatic carbocycles. The molecule has 0 fully saturated rings. The van der Waals surface area contributed by atoms with Crippen LogP contribution in [0.5, 0.6) is 5.75 Å². The molecule has 0 N–H and O–H groups in total. The summed E-state index contributed by atoms with van der Waals surface area (Å²) in [5, 5.41) is 0.0694. The second-order valence-electron chi connectivity index (χ2n) is 5.62. The molecule has 0 saturated heterocycles. The maximum absolute atomic E-state index is 14.1. The SMILES string of the molecule is COc1ccc(-c2c(Cl)ncn2-c2ccc(S(=O)(=O)[N-]P(=O)([O-])[O-])cc2)cc1F.[K+].[K+].[K+]. The molecule has 0 aliphatic heterocycles. The number of sulfonamides is 1. The molecular formula is C16H11ClFK3N3O6PS. The van der Waals surface area contributed by atoms with Crippen LogP contribution in [0.2, 0.25) is 5.15 Å². The smallest absolute Gasteiger partial charge is 0.826 e. The van der Waals surface area contributed by atoms with E-state index in [1.54, 1.807) is 6.07 Å². The monoisotopic (exact) mass is 575 g/mol. The van der Waals surface area contributed by atoms with Gasteiger partial charge in [-0.3, -0.25) is 4.57 Å². The van der Waals surface area contributed by atoms with Crippen LogP contribution in [0.3, 0.4) is 0 Å². The minimum Gasteiger partial charge on any atom is -0.826 e. The van der Waals surface area contributed by atoms with Crippen molar-refractivity contribution in [2.24, 2.45) is 0 Å². The Bertz CT molecular complexity index is 1220. The van der Waals surface area contributed by atoms with Crippen LogP contribution in [-0.2, 0) is 14.6 Å². The van der Waals surface area contributed by atoms with E-state index in [-0.39, 0.29) is 165 Å². The first-order valence-corrected chi connectivity index (χ1v) is 11.0. The van der Waals surface area contributed by atoms with Crippen LogP contribution in [0.4, 0.5) is 4.39 Å². The average Bonchev–Trinajstić information content (AvgIpc) is 3.01.